The monoisotopic (exact) mass is 810 g/mol. The second-order valence-electron chi connectivity index (χ2n) is 10.4. The number of halogens is 23. The Morgan fingerprint density at radius 1 is 0.222 bits per heavy atom. The molecule has 286 valence electrons. The van der Waals surface area contributed by atoms with Crippen molar-refractivity contribution < 1.29 is 101 Å². The van der Waals surface area contributed by atoms with Crippen molar-refractivity contribution in [3.8, 4) is 44.5 Å². The maximum Gasteiger partial charge on any atom is 0.422 e. The maximum atomic E-state index is 15.2. The molecule has 0 aromatic heterocycles. The molecule has 0 saturated carbocycles. The van der Waals surface area contributed by atoms with Crippen molar-refractivity contribution in [3.05, 3.63) is 128 Å². The summed E-state index contributed by atoms with van der Waals surface area (Å²) in [7, 11) is 0. The summed E-state index contributed by atoms with van der Waals surface area (Å²) in [5, 5.41) is 0. The van der Waals surface area contributed by atoms with Gasteiger partial charge in [0.15, 0.2) is 116 Å². The topological polar surface area (TPSA) is 0 Å². The van der Waals surface area contributed by atoms with E-state index in [4.69, 9.17) is 0 Å². The molecule has 0 heterocycles. The first-order valence-corrected chi connectivity index (χ1v) is 13.2. The van der Waals surface area contributed by atoms with Crippen LogP contribution in [0.4, 0.5) is 101 Å². The van der Waals surface area contributed by atoms with Gasteiger partial charge in [0.25, 0.3) is 0 Å². The molecule has 0 atom stereocenters. The molecule has 0 amide bonds. The summed E-state index contributed by atoms with van der Waals surface area (Å²) in [6.45, 7) is 0. The van der Waals surface area contributed by atoms with Gasteiger partial charge in [-0.2, -0.15) is 13.2 Å². The molecule has 5 aromatic carbocycles. The summed E-state index contributed by atoms with van der Waals surface area (Å²) in [5.74, 6) is -63.8. The predicted octanol–water partition coefficient (Wildman–Crippen LogP) is 12.2. The molecule has 0 spiro atoms. The Labute approximate surface area is 280 Å². The molecule has 5 rings (SSSR count). The second kappa shape index (κ2) is 13.1. The summed E-state index contributed by atoms with van der Waals surface area (Å²) < 4.78 is 332. The van der Waals surface area contributed by atoms with Crippen molar-refractivity contribution in [1.82, 2.24) is 0 Å². The maximum absolute atomic E-state index is 15.2. The van der Waals surface area contributed by atoms with Crippen LogP contribution in [0, 0.1) is 116 Å². The van der Waals surface area contributed by atoms with Crippen molar-refractivity contribution in [3.63, 3.8) is 0 Å². The highest BCUT2D eigenvalue weighted by molar-refractivity contribution is 5.79. The molecule has 0 fully saturated rings. The van der Waals surface area contributed by atoms with Crippen LogP contribution in [0.2, 0.25) is 0 Å². The highest BCUT2D eigenvalue weighted by Gasteiger charge is 2.45. The fraction of sp³-hybridized carbons (Fsp3) is 0.0323. The van der Waals surface area contributed by atoms with E-state index in [2.05, 4.69) is 0 Å². The normalized spacial score (nSPS) is 12.0. The van der Waals surface area contributed by atoms with Crippen LogP contribution in [0.15, 0.2) is 6.07 Å². The number of alkyl halides is 3. The molecule has 0 aliphatic carbocycles. The molecule has 54 heavy (non-hydrogen) atoms. The lowest BCUT2D eigenvalue weighted by atomic mass is 9.91. The highest BCUT2D eigenvalue weighted by Crippen LogP contribution is 2.47. The summed E-state index contributed by atoms with van der Waals surface area (Å²) in [6.07, 6.45) is -6.26. The van der Waals surface area contributed by atoms with Crippen molar-refractivity contribution in [2.75, 3.05) is 0 Å². The van der Waals surface area contributed by atoms with Crippen molar-refractivity contribution in [2.24, 2.45) is 0 Å². The van der Waals surface area contributed by atoms with Gasteiger partial charge in [0.2, 0.25) is 0 Å². The molecular formula is C31HF23. The van der Waals surface area contributed by atoms with Crippen LogP contribution < -0.4 is 0 Å². The fourth-order valence-electron chi connectivity index (χ4n) is 5.10. The number of hydrogen-bond acceptors (Lipinski definition) is 0. The molecule has 0 unspecified atom stereocenters. The molecule has 5 aromatic rings. The van der Waals surface area contributed by atoms with Gasteiger partial charge in [0.1, 0.15) is 5.56 Å². The highest BCUT2D eigenvalue weighted by atomic mass is 19.4. The van der Waals surface area contributed by atoms with Crippen LogP contribution >= 0.6 is 0 Å². The Kier molecular flexibility index (Phi) is 9.63. The Balaban J connectivity index is 1.81. The summed E-state index contributed by atoms with van der Waals surface area (Å²) in [6, 6.07) is -0.551. The van der Waals surface area contributed by atoms with Gasteiger partial charge in [-0.25, -0.2) is 87.8 Å². The first kappa shape index (κ1) is 39.7. The van der Waals surface area contributed by atoms with E-state index in [1.54, 1.807) is 0 Å². The van der Waals surface area contributed by atoms with E-state index in [0.29, 0.717) is 0 Å². The molecule has 0 nitrogen and oxygen atoms in total. The lowest BCUT2D eigenvalue weighted by Gasteiger charge is -2.19. The minimum absolute atomic E-state index is 0.551. The summed E-state index contributed by atoms with van der Waals surface area (Å²) in [4.78, 5) is 0. The molecule has 23 heteroatoms. The van der Waals surface area contributed by atoms with E-state index >= 15 is 43.9 Å². The third-order valence-electron chi connectivity index (χ3n) is 7.45. The van der Waals surface area contributed by atoms with Crippen molar-refractivity contribution in [1.29, 1.82) is 0 Å². The van der Waals surface area contributed by atoms with Gasteiger partial charge in [-0.05, 0) is 0 Å². The molecule has 0 bridgehead atoms. The van der Waals surface area contributed by atoms with Gasteiger partial charge < -0.3 is 0 Å². The molecular weight excluding hydrogens is 809 g/mol. The van der Waals surface area contributed by atoms with Gasteiger partial charge in [-0.1, -0.05) is 0 Å². The zero-order valence-electron chi connectivity index (χ0n) is 24.3. The number of benzene rings is 5. The standard InChI is InChI=1S/C31HF23/c32-2-1-3(33)14(35)4(13(2)34)5-15(36)17(38)6(18(39)16(5)37)7-19(40)21(42)8(22(43)20(7)41)9-23(44)25(46)10(26(47)24(9)45)11-27(48)29(50)12(31(52,53)54)30(51)28(11)49/h1H. The fourth-order valence-corrected chi connectivity index (χ4v) is 5.10. The molecule has 0 radical (unpaired) electrons. The van der Waals surface area contributed by atoms with Crippen LogP contribution in [-0.2, 0) is 6.18 Å². The first-order chi connectivity index (χ1) is 24.8. The second-order valence-corrected chi connectivity index (χ2v) is 10.4. The summed E-state index contributed by atoms with van der Waals surface area (Å²) in [5.41, 5.74) is -26.3. The minimum Gasteiger partial charge on any atom is -0.204 e. The number of hydrogen-bond donors (Lipinski definition) is 0. The van der Waals surface area contributed by atoms with Crippen molar-refractivity contribution >= 4 is 0 Å². The van der Waals surface area contributed by atoms with E-state index in [-0.39, 0.29) is 0 Å². The SMILES string of the molecule is Fc1cc(F)c(F)c(-c2c(F)c(F)c(-c3c(F)c(F)c(-c4c(F)c(F)c(-c5c(F)c(F)c(C(F)(F)F)c(F)c5F)c(F)c4F)c(F)c3F)c(F)c2F)c1F. The largest absolute Gasteiger partial charge is 0.422 e. The first-order valence-electron chi connectivity index (χ1n) is 13.2. The van der Waals surface area contributed by atoms with Crippen LogP contribution in [-0.4, -0.2) is 0 Å². The zero-order valence-corrected chi connectivity index (χ0v) is 24.3. The van der Waals surface area contributed by atoms with Gasteiger partial charge in [0, 0.05) is 6.07 Å². The molecule has 0 aliphatic rings. The van der Waals surface area contributed by atoms with Crippen LogP contribution in [0.1, 0.15) is 5.56 Å². The molecule has 0 saturated heterocycles. The molecule has 0 N–H and O–H groups in total. The van der Waals surface area contributed by atoms with Crippen LogP contribution in [0.3, 0.4) is 0 Å². The van der Waals surface area contributed by atoms with Gasteiger partial charge in [0.05, 0.1) is 44.5 Å². The quantitative estimate of drug-likeness (QED) is 0.125. The van der Waals surface area contributed by atoms with E-state index in [9.17, 15) is 57.1 Å². The number of rotatable bonds is 4. The Bertz CT molecular complexity index is 2340. The summed E-state index contributed by atoms with van der Waals surface area (Å²) >= 11 is 0. The minimum atomic E-state index is -6.26. The Morgan fingerprint density at radius 3 is 0.537 bits per heavy atom. The van der Waals surface area contributed by atoms with Gasteiger partial charge in [-0.3, -0.25) is 0 Å². The van der Waals surface area contributed by atoms with E-state index in [0.717, 1.165) is 0 Å². The Hall–Kier alpha value is -5.51. The lowest BCUT2D eigenvalue weighted by Crippen LogP contribution is -2.17. The average molecular weight is 810 g/mol. The third kappa shape index (κ3) is 5.48. The van der Waals surface area contributed by atoms with Crippen LogP contribution in [0.5, 0.6) is 0 Å². The van der Waals surface area contributed by atoms with Crippen molar-refractivity contribution in [2.45, 2.75) is 6.18 Å². The third-order valence-corrected chi connectivity index (χ3v) is 7.45. The van der Waals surface area contributed by atoms with E-state index in [1.165, 1.54) is 0 Å². The van der Waals surface area contributed by atoms with Gasteiger partial charge >= 0.3 is 6.18 Å². The zero-order chi connectivity index (χ0) is 41.0. The lowest BCUT2D eigenvalue weighted by molar-refractivity contribution is -0.143. The van der Waals surface area contributed by atoms with Crippen LogP contribution in [0.25, 0.3) is 44.5 Å². The smallest absolute Gasteiger partial charge is 0.204 e. The Morgan fingerprint density at radius 2 is 0.370 bits per heavy atom. The van der Waals surface area contributed by atoms with E-state index < -0.39 is 179 Å². The average Bonchev–Trinajstić information content (AvgIpc) is 3.09. The molecule has 0 aliphatic heterocycles. The predicted molar refractivity (Wildman–Crippen MR) is 132 cm³/mol. The van der Waals surface area contributed by atoms with E-state index in [1.807, 2.05) is 0 Å². The van der Waals surface area contributed by atoms with Gasteiger partial charge in [-0.15, -0.1) is 0 Å².